The lowest BCUT2D eigenvalue weighted by Crippen LogP contribution is -2.19. The highest BCUT2D eigenvalue weighted by molar-refractivity contribution is 9.10. The van der Waals surface area contributed by atoms with Crippen molar-refractivity contribution in [3.05, 3.63) is 86.1 Å². The highest BCUT2D eigenvalue weighted by atomic mass is 79.9. The van der Waals surface area contributed by atoms with Crippen molar-refractivity contribution in [3.8, 4) is 5.69 Å². The Kier molecular flexibility index (Phi) is 7.75. The summed E-state index contributed by atoms with van der Waals surface area (Å²) in [5, 5.41) is 4.16. The van der Waals surface area contributed by atoms with Gasteiger partial charge in [0.1, 0.15) is 0 Å². The molecule has 3 aromatic rings. The van der Waals surface area contributed by atoms with Gasteiger partial charge in [0.2, 0.25) is 5.91 Å². The first-order valence-corrected chi connectivity index (χ1v) is 11.8. The number of thioether (sulfide) groups is 1. The van der Waals surface area contributed by atoms with Crippen LogP contribution in [0.15, 0.2) is 68.6 Å². The summed E-state index contributed by atoms with van der Waals surface area (Å²) in [7, 11) is 0. The second kappa shape index (κ2) is 10.3. The van der Waals surface area contributed by atoms with Crippen molar-refractivity contribution < 1.29 is 4.79 Å². The summed E-state index contributed by atoms with van der Waals surface area (Å²) in [5.74, 6) is 0.997. The zero-order valence-electron chi connectivity index (χ0n) is 16.2. The van der Waals surface area contributed by atoms with Gasteiger partial charge in [-0.05, 0) is 53.5 Å². The number of amides is 1. The van der Waals surface area contributed by atoms with Gasteiger partial charge < -0.3 is 4.57 Å². The van der Waals surface area contributed by atoms with E-state index in [9.17, 15) is 4.79 Å². The molecule has 0 unspecified atom stereocenters. The van der Waals surface area contributed by atoms with E-state index >= 15 is 0 Å². The molecule has 29 heavy (non-hydrogen) atoms. The van der Waals surface area contributed by atoms with Gasteiger partial charge in [0.25, 0.3) is 0 Å². The molecule has 0 bridgehead atoms. The summed E-state index contributed by atoms with van der Waals surface area (Å²) in [6.45, 7) is 4.10. The number of benzene rings is 2. The Bertz CT molecular complexity index is 1030. The van der Waals surface area contributed by atoms with E-state index in [1.54, 1.807) is 18.0 Å². The fourth-order valence-electron chi connectivity index (χ4n) is 3.01. The lowest BCUT2D eigenvalue weighted by atomic mass is 10.2. The van der Waals surface area contributed by atoms with Crippen LogP contribution in [0.5, 0.6) is 0 Å². The maximum absolute atomic E-state index is 12.1. The number of halogens is 2. The van der Waals surface area contributed by atoms with Gasteiger partial charge in [0, 0.05) is 37.3 Å². The Hall–Kier alpha value is -1.83. The second-order valence-corrected chi connectivity index (χ2v) is 9.08. The summed E-state index contributed by atoms with van der Waals surface area (Å²) in [4.78, 5) is 12.1. The van der Waals surface area contributed by atoms with E-state index in [2.05, 4.69) is 66.0 Å². The van der Waals surface area contributed by atoms with Crippen LogP contribution in [-0.2, 0) is 10.5 Å². The van der Waals surface area contributed by atoms with Crippen molar-refractivity contribution >= 4 is 55.7 Å². The van der Waals surface area contributed by atoms with Crippen LogP contribution in [0.4, 0.5) is 0 Å². The molecule has 1 amide bonds. The molecule has 0 fully saturated rings. The molecule has 0 aliphatic rings. The SMILES string of the molecule is Cc1c(Br)c(/C=N\NC(=O)CSCc2ccccc2Br)c(C)n1-c1ccccc1. The molecular weight excluding hydrogens is 514 g/mol. The predicted molar refractivity (Wildman–Crippen MR) is 129 cm³/mol. The van der Waals surface area contributed by atoms with Gasteiger partial charge in [-0.3, -0.25) is 4.79 Å². The summed E-state index contributed by atoms with van der Waals surface area (Å²) in [6.07, 6.45) is 1.70. The van der Waals surface area contributed by atoms with Crippen LogP contribution < -0.4 is 5.43 Å². The molecule has 0 saturated carbocycles. The van der Waals surface area contributed by atoms with Crippen LogP contribution in [0.2, 0.25) is 0 Å². The van der Waals surface area contributed by atoms with E-state index in [1.807, 2.05) is 49.4 Å². The number of hydrogen-bond donors (Lipinski definition) is 1. The molecule has 0 aliphatic heterocycles. The molecule has 0 aliphatic carbocycles. The monoisotopic (exact) mass is 533 g/mol. The Morgan fingerprint density at radius 2 is 1.76 bits per heavy atom. The van der Waals surface area contributed by atoms with Crippen molar-refractivity contribution in [1.82, 2.24) is 9.99 Å². The normalized spacial score (nSPS) is 11.2. The third-order valence-corrected chi connectivity index (χ3v) is 7.22. The third-order valence-electron chi connectivity index (χ3n) is 4.46. The Labute approximate surface area is 192 Å². The third kappa shape index (κ3) is 5.41. The summed E-state index contributed by atoms with van der Waals surface area (Å²) in [5.41, 5.74) is 7.99. The van der Waals surface area contributed by atoms with Crippen molar-refractivity contribution in [1.29, 1.82) is 0 Å². The lowest BCUT2D eigenvalue weighted by Gasteiger charge is -2.08. The quantitative estimate of drug-likeness (QED) is 0.298. The minimum atomic E-state index is -0.119. The number of aromatic nitrogens is 1. The number of nitrogens with one attached hydrogen (secondary N) is 1. The summed E-state index contributed by atoms with van der Waals surface area (Å²) in [6, 6.07) is 18.2. The summed E-state index contributed by atoms with van der Waals surface area (Å²) < 4.78 is 4.20. The summed E-state index contributed by atoms with van der Waals surface area (Å²) >= 11 is 8.74. The van der Waals surface area contributed by atoms with Crippen LogP contribution in [0.25, 0.3) is 5.69 Å². The molecule has 1 N–H and O–H groups in total. The molecule has 150 valence electrons. The first-order valence-electron chi connectivity index (χ1n) is 9.05. The number of nitrogens with zero attached hydrogens (tertiary/aromatic N) is 2. The zero-order valence-corrected chi connectivity index (χ0v) is 20.1. The molecule has 3 rings (SSSR count). The number of hydrazone groups is 1. The standard InChI is InChI=1S/C22H21Br2N3OS/c1-15-19(22(24)16(2)27(15)18-9-4-3-5-10-18)12-25-26-21(28)14-29-13-17-8-6-7-11-20(17)23/h3-12H,13-14H2,1-2H3,(H,26,28)/b25-12-. The maximum Gasteiger partial charge on any atom is 0.250 e. The highest BCUT2D eigenvalue weighted by Crippen LogP contribution is 2.29. The fraction of sp³-hybridized carbons (Fsp3) is 0.182. The molecule has 0 saturated heterocycles. The minimum Gasteiger partial charge on any atom is -0.317 e. The number of carbonyl (C=O) groups excluding carboxylic acids is 1. The lowest BCUT2D eigenvalue weighted by molar-refractivity contribution is -0.118. The number of para-hydroxylation sites is 1. The Balaban J connectivity index is 1.60. The van der Waals surface area contributed by atoms with Crippen LogP contribution in [0.3, 0.4) is 0 Å². The van der Waals surface area contributed by atoms with Crippen molar-refractivity contribution in [2.45, 2.75) is 19.6 Å². The van der Waals surface area contributed by atoms with E-state index in [-0.39, 0.29) is 5.91 Å². The Morgan fingerprint density at radius 1 is 1.07 bits per heavy atom. The molecule has 2 aromatic carbocycles. The molecule has 0 radical (unpaired) electrons. The zero-order chi connectivity index (χ0) is 20.8. The van der Waals surface area contributed by atoms with Gasteiger partial charge in [0.05, 0.1) is 12.0 Å². The van der Waals surface area contributed by atoms with E-state index in [4.69, 9.17) is 0 Å². The average Bonchev–Trinajstić information content (AvgIpc) is 2.93. The van der Waals surface area contributed by atoms with E-state index in [1.165, 1.54) is 5.56 Å². The van der Waals surface area contributed by atoms with Crippen LogP contribution in [-0.4, -0.2) is 22.4 Å². The predicted octanol–water partition coefficient (Wildman–Crippen LogP) is 6.00. The molecule has 0 atom stereocenters. The molecule has 0 spiro atoms. The first kappa shape index (κ1) is 21.9. The van der Waals surface area contributed by atoms with Gasteiger partial charge in [-0.15, -0.1) is 11.8 Å². The maximum atomic E-state index is 12.1. The first-order chi connectivity index (χ1) is 14.0. The molecule has 1 heterocycles. The Morgan fingerprint density at radius 3 is 2.48 bits per heavy atom. The second-order valence-electron chi connectivity index (χ2n) is 6.45. The number of rotatable bonds is 7. The van der Waals surface area contributed by atoms with E-state index in [0.29, 0.717) is 5.75 Å². The van der Waals surface area contributed by atoms with Crippen molar-refractivity contribution in [2.75, 3.05) is 5.75 Å². The minimum absolute atomic E-state index is 0.119. The van der Waals surface area contributed by atoms with Gasteiger partial charge in [-0.2, -0.15) is 5.10 Å². The van der Waals surface area contributed by atoms with E-state index < -0.39 is 0 Å². The van der Waals surface area contributed by atoms with Gasteiger partial charge in [0.15, 0.2) is 0 Å². The smallest absolute Gasteiger partial charge is 0.250 e. The van der Waals surface area contributed by atoms with E-state index in [0.717, 1.165) is 37.3 Å². The van der Waals surface area contributed by atoms with Gasteiger partial charge in [-0.25, -0.2) is 5.43 Å². The van der Waals surface area contributed by atoms with Crippen LogP contribution in [0, 0.1) is 13.8 Å². The largest absolute Gasteiger partial charge is 0.317 e. The van der Waals surface area contributed by atoms with Crippen molar-refractivity contribution in [2.24, 2.45) is 5.10 Å². The highest BCUT2D eigenvalue weighted by Gasteiger charge is 2.15. The molecule has 4 nitrogen and oxygen atoms in total. The van der Waals surface area contributed by atoms with Gasteiger partial charge in [-0.1, -0.05) is 52.3 Å². The average molecular weight is 535 g/mol. The van der Waals surface area contributed by atoms with Crippen LogP contribution >= 0.6 is 43.6 Å². The van der Waals surface area contributed by atoms with Gasteiger partial charge >= 0.3 is 0 Å². The molecule has 7 heteroatoms. The number of carbonyl (C=O) groups is 1. The topological polar surface area (TPSA) is 46.4 Å². The van der Waals surface area contributed by atoms with Crippen LogP contribution in [0.1, 0.15) is 22.5 Å². The van der Waals surface area contributed by atoms with Crippen molar-refractivity contribution in [3.63, 3.8) is 0 Å². The number of hydrogen-bond acceptors (Lipinski definition) is 3. The fourth-order valence-corrected chi connectivity index (χ4v) is 5.01. The molecule has 1 aromatic heterocycles. The molecular formula is C22H21Br2N3OS.